The molecular formula is C18H22IN5O2. The molecule has 0 saturated heterocycles. The zero-order valence-electron chi connectivity index (χ0n) is 14.7. The van der Waals surface area contributed by atoms with Crippen molar-refractivity contribution in [1.29, 1.82) is 0 Å². The molecule has 0 fully saturated rings. The first-order valence-corrected chi connectivity index (χ1v) is 7.92. The zero-order valence-corrected chi connectivity index (χ0v) is 17.0. The number of hydrogen-bond acceptors (Lipinski definition) is 4. The summed E-state index contributed by atoms with van der Waals surface area (Å²) in [6, 6.07) is 13.4. The second kappa shape index (κ2) is 9.27. The van der Waals surface area contributed by atoms with E-state index in [2.05, 4.69) is 20.3 Å². The number of para-hydroxylation sites is 2. The third-order valence-corrected chi connectivity index (χ3v) is 3.73. The van der Waals surface area contributed by atoms with E-state index in [9.17, 15) is 0 Å². The highest BCUT2D eigenvalue weighted by Crippen LogP contribution is 2.29. The number of rotatable bonds is 6. The first kappa shape index (κ1) is 19.8. The minimum absolute atomic E-state index is 0. The number of methoxy groups -OCH3 is 2. The minimum Gasteiger partial charge on any atom is -0.493 e. The maximum absolute atomic E-state index is 5.94. The predicted octanol–water partition coefficient (Wildman–Crippen LogP) is 3.17. The van der Waals surface area contributed by atoms with Gasteiger partial charge >= 0.3 is 0 Å². The van der Waals surface area contributed by atoms with Gasteiger partial charge in [0.2, 0.25) is 0 Å². The number of ether oxygens (including phenoxy) is 2. The van der Waals surface area contributed by atoms with E-state index in [0.29, 0.717) is 30.4 Å². The van der Waals surface area contributed by atoms with E-state index in [1.165, 1.54) is 0 Å². The number of imidazole rings is 1. The number of hydrogen-bond donors (Lipinski definition) is 3. The number of aromatic nitrogens is 2. The topological polar surface area (TPSA) is 97.5 Å². The number of aromatic amines is 1. The number of aliphatic imine (C=N–C) groups is 1. The smallest absolute Gasteiger partial charge is 0.193 e. The summed E-state index contributed by atoms with van der Waals surface area (Å²) >= 11 is 0. The van der Waals surface area contributed by atoms with Gasteiger partial charge in [-0.1, -0.05) is 12.1 Å². The molecule has 2 aromatic carbocycles. The van der Waals surface area contributed by atoms with Crippen LogP contribution in [0.15, 0.2) is 47.5 Å². The van der Waals surface area contributed by atoms with Crippen molar-refractivity contribution in [3.8, 4) is 11.5 Å². The number of halogens is 1. The van der Waals surface area contributed by atoms with Gasteiger partial charge in [0.1, 0.15) is 5.82 Å². The second-order valence-electron chi connectivity index (χ2n) is 5.41. The molecular weight excluding hydrogens is 445 g/mol. The minimum atomic E-state index is 0. The Morgan fingerprint density at radius 3 is 2.65 bits per heavy atom. The van der Waals surface area contributed by atoms with Crippen molar-refractivity contribution < 1.29 is 9.47 Å². The standard InChI is InChI=1S/C18H21N5O2.HI/c1-24-15-8-7-12(11-16(15)25-2)21-18(19)20-10-9-17-22-13-5-3-4-6-14(13)23-17;/h3-8,11H,9-10H2,1-2H3,(H,22,23)(H3,19,20,21);1H. The maximum atomic E-state index is 5.94. The molecule has 0 amide bonds. The number of anilines is 1. The van der Waals surface area contributed by atoms with E-state index < -0.39 is 0 Å². The largest absolute Gasteiger partial charge is 0.493 e. The predicted molar refractivity (Wildman–Crippen MR) is 115 cm³/mol. The summed E-state index contributed by atoms with van der Waals surface area (Å²) in [7, 11) is 3.19. The number of benzene rings is 2. The summed E-state index contributed by atoms with van der Waals surface area (Å²) in [5.74, 6) is 2.52. The molecule has 1 aromatic heterocycles. The lowest BCUT2D eigenvalue weighted by Gasteiger charge is -2.10. The lowest BCUT2D eigenvalue weighted by Crippen LogP contribution is -2.23. The fourth-order valence-corrected chi connectivity index (χ4v) is 2.51. The third-order valence-electron chi connectivity index (χ3n) is 3.73. The number of nitrogens with zero attached hydrogens (tertiary/aromatic N) is 2. The SMILES string of the molecule is COc1ccc(NC(N)=NCCc2nc3ccccc3[nH]2)cc1OC.I. The van der Waals surface area contributed by atoms with Crippen LogP contribution in [-0.4, -0.2) is 36.7 Å². The van der Waals surface area contributed by atoms with Crippen LogP contribution in [0.2, 0.25) is 0 Å². The van der Waals surface area contributed by atoms with Crippen LogP contribution < -0.4 is 20.5 Å². The van der Waals surface area contributed by atoms with Gasteiger partial charge in [0.25, 0.3) is 0 Å². The van der Waals surface area contributed by atoms with Crippen molar-refractivity contribution in [1.82, 2.24) is 9.97 Å². The Morgan fingerprint density at radius 1 is 1.15 bits per heavy atom. The van der Waals surface area contributed by atoms with Gasteiger partial charge in [0, 0.05) is 24.7 Å². The molecule has 0 unspecified atom stereocenters. The highest BCUT2D eigenvalue weighted by Gasteiger charge is 2.05. The molecule has 3 aromatic rings. The van der Waals surface area contributed by atoms with Crippen LogP contribution in [-0.2, 0) is 6.42 Å². The van der Waals surface area contributed by atoms with E-state index in [0.717, 1.165) is 22.5 Å². The summed E-state index contributed by atoms with van der Waals surface area (Å²) in [6.45, 7) is 0.534. The Morgan fingerprint density at radius 2 is 1.92 bits per heavy atom. The highest BCUT2D eigenvalue weighted by molar-refractivity contribution is 14.0. The van der Waals surface area contributed by atoms with Crippen molar-refractivity contribution in [3.63, 3.8) is 0 Å². The number of nitrogens with one attached hydrogen (secondary N) is 2. The van der Waals surface area contributed by atoms with E-state index in [1.807, 2.05) is 36.4 Å². The van der Waals surface area contributed by atoms with E-state index in [1.54, 1.807) is 20.3 Å². The van der Waals surface area contributed by atoms with Gasteiger partial charge in [-0.15, -0.1) is 24.0 Å². The normalized spacial score (nSPS) is 11.1. The second-order valence-corrected chi connectivity index (χ2v) is 5.41. The Bertz CT molecular complexity index is 861. The zero-order chi connectivity index (χ0) is 17.6. The highest BCUT2D eigenvalue weighted by atomic mass is 127. The summed E-state index contributed by atoms with van der Waals surface area (Å²) < 4.78 is 10.5. The maximum Gasteiger partial charge on any atom is 0.193 e. The van der Waals surface area contributed by atoms with Gasteiger partial charge < -0.3 is 25.5 Å². The van der Waals surface area contributed by atoms with Crippen LogP contribution in [0.4, 0.5) is 5.69 Å². The average molecular weight is 467 g/mol. The number of fused-ring (bicyclic) bond motifs is 1. The van der Waals surface area contributed by atoms with Gasteiger partial charge in [-0.25, -0.2) is 4.98 Å². The van der Waals surface area contributed by atoms with Crippen molar-refractivity contribution >= 4 is 46.7 Å². The summed E-state index contributed by atoms with van der Waals surface area (Å²) in [5.41, 5.74) is 8.71. The number of guanidine groups is 1. The fourth-order valence-electron chi connectivity index (χ4n) is 2.51. The Balaban J connectivity index is 0.00000243. The molecule has 1 heterocycles. The van der Waals surface area contributed by atoms with Crippen LogP contribution in [0, 0.1) is 0 Å². The van der Waals surface area contributed by atoms with Gasteiger partial charge in [-0.3, -0.25) is 4.99 Å². The van der Waals surface area contributed by atoms with Crippen molar-refractivity contribution in [3.05, 3.63) is 48.3 Å². The van der Waals surface area contributed by atoms with Crippen LogP contribution in [0.5, 0.6) is 11.5 Å². The van der Waals surface area contributed by atoms with Gasteiger partial charge in [0.15, 0.2) is 17.5 Å². The van der Waals surface area contributed by atoms with Crippen LogP contribution in [0.25, 0.3) is 11.0 Å². The molecule has 3 rings (SSSR count). The average Bonchev–Trinajstić information content (AvgIpc) is 3.04. The Kier molecular flexibility index (Phi) is 7.07. The van der Waals surface area contributed by atoms with Gasteiger partial charge in [0.05, 0.1) is 25.3 Å². The monoisotopic (exact) mass is 467 g/mol. The lowest BCUT2D eigenvalue weighted by atomic mass is 10.3. The Labute approximate surface area is 169 Å². The fraction of sp³-hybridized carbons (Fsp3) is 0.222. The van der Waals surface area contributed by atoms with E-state index >= 15 is 0 Å². The molecule has 138 valence electrons. The van der Waals surface area contributed by atoms with Gasteiger partial charge in [-0.05, 0) is 24.3 Å². The van der Waals surface area contributed by atoms with Gasteiger partial charge in [-0.2, -0.15) is 0 Å². The molecule has 0 bridgehead atoms. The number of H-pyrrole nitrogens is 1. The number of nitrogens with two attached hydrogens (primary N) is 1. The van der Waals surface area contributed by atoms with Crippen LogP contribution in [0.3, 0.4) is 0 Å². The van der Waals surface area contributed by atoms with E-state index in [4.69, 9.17) is 15.2 Å². The summed E-state index contributed by atoms with van der Waals surface area (Å²) in [4.78, 5) is 12.1. The van der Waals surface area contributed by atoms with Crippen molar-refractivity contribution in [2.75, 3.05) is 26.1 Å². The lowest BCUT2D eigenvalue weighted by molar-refractivity contribution is 0.355. The first-order valence-electron chi connectivity index (χ1n) is 7.92. The molecule has 0 spiro atoms. The molecule has 0 radical (unpaired) electrons. The third kappa shape index (κ3) is 4.78. The molecule has 8 heteroatoms. The Hall–Kier alpha value is -2.49. The molecule has 0 atom stereocenters. The molecule has 26 heavy (non-hydrogen) atoms. The van der Waals surface area contributed by atoms with E-state index in [-0.39, 0.29) is 24.0 Å². The molecule has 0 saturated carbocycles. The summed E-state index contributed by atoms with van der Waals surface area (Å²) in [6.07, 6.45) is 0.684. The first-order chi connectivity index (χ1) is 12.2. The molecule has 7 nitrogen and oxygen atoms in total. The molecule has 0 aliphatic rings. The quantitative estimate of drug-likeness (QED) is 0.294. The summed E-state index contributed by atoms with van der Waals surface area (Å²) in [5, 5.41) is 3.04. The molecule has 0 aliphatic carbocycles. The van der Waals surface area contributed by atoms with Crippen molar-refractivity contribution in [2.24, 2.45) is 10.7 Å². The van der Waals surface area contributed by atoms with Crippen LogP contribution in [0.1, 0.15) is 5.82 Å². The van der Waals surface area contributed by atoms with Crippen LogP contribution >= 0.6 is 24.0 Å². The molecule has 4 N–H and O–H groups in total. The molecule has 0 aliphatic heterocycles. The van der Waals surface area contributed by atoms with Crippen molar-refractivity contribution in [2.45, 2.75) is 6.42 Å².